The van der Waals surface area contributed by atoms with Crippen molar-refractivity contribution < 1.29 is 8.78 Å². The smallest absolute Gasteiger partial charge is 0.248 e. The van der Waals surface area contributed by atoms with E-state index < -0.39 is 5.92 Å². The van der Waals surface area contributed by atoms with Crippen molar-refractivity contribution in [2.75, 3.05) is 13.1 Å². The van der Waals surface area contributed by atoms with Gasteiger partial charge in [0.15, 0.2) is 5.96 Å². The summed E-state index contributed by atoms with van der Waals surface area (Å²) in [4.78, 5) is 4.22. The Hall–Kier alpha value is -0.870. The molecular weight excluding hydrogens is 200 g/mol. The van der Waals surface area contributed by atoms with Crippen LogP contribution in [0.2, 0.25) is 0 Å². The van der Waals surface area contributed by atoms with Gasteiger partial charge in [-0.1, -0.05) is 0 Å². The van der Waals surface area contributed by atoms with E-state index in [9.17, 15) is 8.78 Å². The van der Waals surface area contributed by atoms with E-state index in [1.807, 2.05) is 6.92 Å². The summed E-state index contributed by atoms with van der Waals surface area (Å²) in [6, 6.07) is 0.359. The molecule has 3 nitrogen and oxygen atoms in total. The van der Waals surface area contributed by atoms with Gasteiger partial charge in [0.25, 0.3) is 0 Å². The number of nitrogens with one attached hydrogen (secondary N) is 2. The maximum Gasteiger partial charge on any atom is 0.248 e. The molecule has 5 heteroatoms. The fourth-order valence-corrected chi connectivity index (χ4v) is 2.12. The van der Waals surface area contributed by atoms with Gasteiger partial charge in [0.2, 0.25) is 5.92 Å². The molecule has 0 aromatic rings. The molecule has 0 radical (unpaired) electrons. The summed E-state index contributed by atoms with van der Waals surface area (Å²) < 4.78 is 25.8. The second kappa shape index (κ2) is 3.94. The monoisotopic (exact) mass is 217 g/mol. The lowest BCUT2D eigenvalue weighted by Crippen LogP contribution is -2.39. The highest BCUT2D eigenvalue weighted by Gasteiger charge is 2.39. The summed E-state index contributed by atoms with van der Waals surface area (Å²) in [6.45, 7) is 3.42. The van der Waals surface area contributed by atoms with Crippen LogP contribution >= 0.6 is 0 Å². The van der Waals surface area contributed by atoms with Gasteiger partial charge in [0.1, 0.15) is 0 Å². The number of rotatable bonds is 2. The van der Waals surface area contributed by atoms with Crippen molar-refractivity contribution in [2.45, 2.75) is 38.2 Å². The van der Waals surface area contributed by atoms with Crippen LogP contribution in [-0.4, -0.2) is 31.0 Å². The normalized spacial score (nSPS) is 33.7. The van der Waals surface area contributed by atoms with Crippen molar-refractivity contribution >= 4 is 5.96 Å². The van der Waals surface area contributed by atoms with E-state index in [0.717, 1.165) is 12.5 Å². The lowest BCUT2D eigenvalue weighted by atomic mass is 10.1. The first kappa shape index (κ1) is 10.6. The highest BCUT2D eigenvalue weighted by molar-refractivity contribution is 5.81. The molecule has 1 aliphatic heterocycles. The third-order valence-electron chi connectivity index (χ3n) is 2.97. The number of aliphatic imine (C=N–C) groups is 1. The van der Waals surface area contributed by atoms with E-state index in [4.69, 9.17) is 0 Å². The van der Waals surface area contributed by atoms with Crippen molar-refractivity contribution in [3.63, 3.8) is 0 Å². The third-order valence-corrected chi connectivity index (χ3v) is 2.97. The Labute approximate surface area is 88.3 Å². The van der Waals surface area contributed by atoms with Crippen molar-refractivity contribution in [1.82, 2.24) is 10.6 Å². The molecule has 0 aromatic heterocycles. The molecular formula is C10H17F2N3. The zero-order valence-electron chi connectivity index (χ0n) is 8.89. The van der Waals surface area contributed by atoms with Gasteiger partial charge in [-0.05, 0) is 19.3 Å². The van der Waals surface area contributed by atoms with Crippen LogP contribution in [0.15, 0.2) is 4.99 Å². The quantitative estimate of drug-likeness (QED) is 0.732. The average molecular weight is 217 g/mol. The van der Waals surface area contributed by atoms with Crippen LogP contribution in [0.5, 0.6) is 0 Å². The molecule has 2 atom stereocenters. The standard InChI is InChI=1S/C10H17F2N3/c1-7-5-13-9(15-7)14-6-8-2-3-10(11,12)4-8/h7-8H,2-6H2,1H3,(H2,13,14,15). The molecule has 1 aliphatic carbocycles. The van der Waals surface area contributed by atoms with Crippen LogP contribution < -0.4 is 10.6 Å². The van der Waals surface area contributed by atoms with Crippen LogP contribution in [0.3, 0.4) is 0 Å². The first-order valence-corrected chi connectivity index (χ1v) is 5.48. The second-order valence-corrected chi connectivity index (χ2v) is 4.58. The van der Waals surface area contributed by atoms with Crippen LogP contribution in [0.1, 0.15) is 26.2 Å². The third kappa shape index (κ3) is 2.79. The zero-order valence-corrected chi connectivity index (χ0v) is 8.89. The fraction of sp³-hybridized carbons (Fsp3) is 0.900. The maximum atomic E-state index is 12.9. The number of nitrogens with zero attached hydrogens (tertiary/aromatic N) is 1. The van der Waals surface area contributed by atoms with E-state index in [1.165, 1.54) is 0 Å². The predicted molar refractivity (Wildman–Crippen MR) is 55.2 cm³/mol. The Morgan fingerprint density at radius 1 is 1.60 bits per heavy atom. The minimum atomic E-state index is -2.44. The molecule has 15 heavy (non-hydrogen) atoms. The van der Waals surface area contributed by atoms with Crippen LogP contribution in [-0.2, 0) is 0 Å². The lowest BCUT2D eigenvalue weighted by Gasteiger charge is -2.13. The van der Waals surface area contributed by atoms with E-state index in [2.05, 4.69) is 15.6 Å². The molecule has 1 fully saturated rings. The Balaban J connectivity index is 1.71. The molecule has 86 valence electrons. The first-order valence-electron chi connectivity index (χ1n) is 5.48. The number of hydrogen-bond acceptors (Lipinski definition) is 3. The minimum Gasteiger partial charge on any atom is -0.356 e. The van der Waals surface area contributed by atoms with Crippen LogP contribution in [0.25, 0.3) is 0 Å². The summed E-state index contributed by atoms with van der Waals surface area (Å²) >= 11 is 0. The Bertz CT molecular complexity index is 265. The number of halogens is 2. The molecule has 0 spiro atoms. The van der Waals surface area contributed by atoms with E-state index in [0.29, 0.717) is 19.0 Å². The number of hydrogen-bond donors (Lipinski definition) is 2. The van der Waals surface area contributed by atoms with Gasteiger partial charge in [-0.2, -0.15) is 0 Å². The first-order chi connectivity index (χ1) is 7.05. The van der Waals surface area contributed by atoms with Crippen molar-refractivity contribution in [3.8, 4) is 0 Å². The molecule has 0 aromatic carbocycles. The van der Waals surface area contributed by atoms with Gasteiger partial charge >= 0.3 is 0 Å². The largest absolute Gasteiger partial charge is 0.356 e. The zero-order chi connectivity index (χ0) is 10.9. The second-order valence-electron chi connectivity index (χ2n) is 4.58. The molecule has 2 unspecified atom stereocenters. The van der Waals surface area contributed by atoms with Gasteiger partial charge in [-0.15, -0.1) is 0 Å². The predicted octanol–water partition coefficient (Wildman–Crippen LogP) is 1.36. The Morgan fingerprint density at radius 2 is 2.40 bits per heavy atom. The van der Waals surface area contributed by atoms with Gasteiger partial charge in [-0.25, -0.2) is 8.78 Å². The van der Waals surface area contributed by atoms with Gasteiger partial charge in [-0.3, -0.25) is 4.99 Å². The topological polar surface area (TPSA) is 36.4 Å². The summed E-state index contributed by atoms with van der Waals surface area (Å²) in [5, 5.41) is 6.25. The summed E-state index contributed by atoms with van der Waals surface area (Å²) in [7, 11) is 0. The van der Waals surface area contributed by atoms with E-state index >= 15 is 0 Å². The summed E-state index contributed by atoms with van der Waals surface area (Å²) in [5.74, 6) is -1.59. The lowest BCUT2D eigenvalue weighted by molar-refractivity contribution is 0.00523. The van der Waals surface area contributed by atoms with E-state index in [1.54, 1.807) is 0 Å². The van der Waals surface area contributed by atoms with Crippen molar-refractivity contribution in [3.05, 3.63) is 0 Å². The summed E-state index contributed by atoms with van der Waals surface area (Å²) in [5.41, 5.74) is 0. The number of alkyl halides is 2. The van der Waals surface area contributed by atoms with E-state index in [-0.39, 0.29) is 18.8 Å². The van der Waals surface area contributed by atoms with Crippen LogP contribution in [0.4, 0.5) is 8.78 Å². The van der Waals surface area contributed by atoms with Crippen LogP contribution in [0, 0.1) is 5.92 Å². The SMILES string of the molecule is CC1CN=C(NCC2CCC(F)(F)C2)N1. The molecule has 2 N–H and O–H groups in total. The van der Waals surface area contributed by atoms with Gasteiger partial charge < -0.3 is 10.6 Å². The molecule has 0 saturated heterocycles. The molecule has 0 amide bonds. The molecule has 1 heterocycles. The maximum absolute atomic E-state index is 12.9. The van der Waals surface area contributed by atoms with Gasteiger partial charge in [0, 0.05) is 25.4 Å². The summed E-state index contributed by atoms with van der Waals surface area (Å²) in [6.07, 6.45) is 0.668. The highest BCUT2D eigenvalue weighted by Crippen LogP contribution is 2.38. The highest BCUT2D eigenvalue weighted by atomic mass is 19.3. The molecule has 1 saturated carbocycles. The van der Waals surface area contributed by atoms with Gasteiger partial charge in [0.05, 0.1) is 6.54 Å². The Kier molecular flexibility index (Phi) is 2.80. The molecule has 2 rings (SSSR count). The molecule has 0 bridgehead atoms. The average Bonchev–Trinajstić information content (AvgIpc) is 2.69. The van der Waals surface area contributed by atoms with Crippen molar-refractivity contribution in [2.24, 2.45) is 10.9 Å². The Morgan fingerprint density at radius 3 is 2.93 bits per heavy atom. The fourth-order valence-electron chi connectivity index (χ4n) is 2.12. The van der Waals surface area contributed by atoms with Crippen molar-refractivity contribution in [1.29, 1.82) is 0 Å². The molecule has 2 aliphatic rings. The minimum absolute atomic E-state index is 0.0167. The number of guanidine groups is 1.